The number of ether oxygens (including phenoxy) is 1. The Kier molecular flexibility index (Phi) is 3.11. The Balaban J connectivity index is 3.11. The van der Waals surface area contributed by atoms with Gasteiger partial charge in [0.15, 0.2) is 0 Å². The highest BCUT2D eigenvalue weighted by Crippen LogP contribution is 2.22. The average molecular weight is 201 g/mol. The zero-order chi connectivity index (χ0) is 10.7. The Morgan fingerprint density at radius 1 is 1.43 bits per heavy atom. The van der Waals surface area contributed by atoms with Gasteiger partial charge in [-0.15, -0.1) is 0 Å². The summed E-state index contributed by atoms with van der Waals surface area (Å²) in [5.41, 5.74) is -0.313. The van der Waals surface area contributed by atoms with E-state index < -0.39 is 23.5 Å². The van der Waals surface area contributed by atoms with Gasteiger partial charge in [0, 0.05) is 5.56 Å². The van der Waals surface area contributed by atoms with Crippen molar-refractivity contribution in [1.82, 2.24) is 4.98 Å². The van der Waals surface area contributed by atoms with Gasteiger partial charge in [-0.05, 0) is 6.92 Å². The molecule has 0 spiro atoms. The molecule has 0 fully saturated rings. The molecule has 0 N–H and O–H groups in total. The highest BCUT2D eigenvalue weighted by atomic mass is 19.1. The van der Waals surface area contributed by atoms with Gasteiger partial charge in [-0.2, -0.15) is 0 Å². The van der Waals surface area contributed by atoms with Crippen LogP contribution in [-0.2, 0) is 9.53 Å². The van der Waals surface area contributed by atoms with Crippen molar-refractivity contribution in [2.75, 3.05) is 7.11 Å². The molecule has 0 saturated heterocycles. The lowest BCUT2D eigenvalue weighted by molar-refractivity contribution is -0.142. The Labute approximate surface area is 79.7 Å². The predicted molar refractivity (Wildman–Crippen MR) is 44.6 cm³/mol. The Morgan fingerprint density at radius 2 is 1.93 bits per heavy atom. The minimum absolute atomic E-state index is 0.313. The van der Waals surface area contributed by atoms with Gasteiger partial charge < -0.3 is 4.74 Å². The zero-order valence-corrected chi connectivity index (χ0v) is 7.75. The summed E-state index contributed by atoms with van der Waals surface area (Å²) >= 11 is 0. The van der Waals surface area contributed by atoms with Crippen LogP contribution in [0.1, 0.15) is 18.4 Å². The third-order valence-corrected chi connectivity index (χ3v) is 1.88. The zero-order valence-electron chi connectivity index (χ0n) is 7.75. The smallest absolute Gasteiger partial charge is 0.313 e. The number of rotatable bonds is 2. The topological polar surface area (TPSA) is 39.2 Å². The number of aromatic nitrogens is 1. The van der Waals surface area contributed by atoms with Gasteiger partial charge >= 0.3 is 5.97 Å². The predicted octanol–water partition coefficient (Wildman–Crippen LogP) is 1.64. The summed E-state index contributed by atoms with van der Waals surface area (Å²) in [6.07, 6.45) is 1.72. The maximum absolute atomic E-state index is 13.1. The molecule has 5 heteroatoms. The number of carbonyl (C=O) groups is 1. The number of halogens is 2. The van der Waals surface area contributed by atoms with Crippen LogP contribution < -0.4 is 0 Å². The maximum atomic E-state index is 13.1. The fourth-order valence-electron chi connectivity index (χ4n) is 1.13. The van der Waals surface area contributed by atoms with E-state index in [9.17, 15) is 13.6 Å². The van der Waals surface area contributed by atoms with Crippen LogP contribution >= 0.6 is 0 Å². The van der Waals surface area contributed by atoms with E-state index in [1.807, 2.05) is 0 Å². The standard InChI is InChI=1S/C9H9F2NO2/c1-5(9(13)14-2)8-6(10)3-12-4-7(8)11/h3-5H,1-2H3. The van der Waals surface area contributed by atoms with Gasteiger partial charge in [0.1, 0.15) is 11.6 Å². The van der Waals surface area contributed by atoms with E-state index >= 15 is 0 Å². The summed E-state index contributed by atoms with van der Waals surface area (Å²) in [4.78, 5) is 14.4. The van der Waals surface area contributed by atoms with Crippen LogP contribution in [0.5, 0.6) is 0 Å². The van der Waals surface area contributed by atoms with E-state index in [1.165, 1.54) is 6.92 Å². The molecule has 0 aliphatic rings. The van der Waals surface area contributed by atoms with E-state index in [1.54, 1.807) is 0 Å². The molecular formula is C9H9F2NO2. The van der Waals surface area contributed by atoms with Crippen LogP contribution in [0.3, 0.4) is 0 Å². The van der Waals surface area contributed by atoms with Gasteiger partial charge in [0.2, 0.25) is 0 Å². The molecule has 0 aromatic carbocycles. The summed E-state index contributed by atoms with van der Waals surface area (Å²) in [6, 6.07) is 0. The number of hydrogen-bond donors (Lipinski definition) is 0. The van der Waals surface area contributed by atoms with E-state index in [0.29, 0.717) is 0 Å². The Hall–Kier alpha value is -1.52. The summed E-state index contributed by atoms with van der Waals surface area (Å²) in [7, 11) is 1.16. The molecule has 14 heavy (non-hydrogen) atoms. The minimum atomic E-state index is -0.969. The Morgan fingerprint density at radius 3 is 2.36 bits per heavy atom. The molecular weight excluding hydrogens is 192 g/mol. The molecule has 3 nitrogen and oxygen atoms in total. The number of carbonyl (C=O) groups excluding carboxylic acids is 1. The van der Waals surface area contributed by atoms with Gasteiger partial charge in [-0.3, -0.25) is 9.78 Å². The second-order valence-electron chi connectivity index (χ2n) is 2.76. The van der Waals surface area contributed by atoms with Crippen molar-refractivity contribution >= 4 is 5.97 Å². The largest absolute Gasteiger partial charge is 0.469 e. The monoisotopic (exact) mass is 201 g/mol. The van der Waals surface area contributed by atoms with E-state index in [0.717, 1.165) is 19.5 Å². The molecule has 0 radical (unpaired) electrons. The first-order valence-corrected chi connectivity index (χ1v) is 3.94. The molecule has 1 atom stereocenters. The normalized spacial score (nSPS) is 12.3. The lowest BCUT2D eigenvalue weighted by Crippen LogP contribution is -2.14. The van der Waals surface area contributed by atoms with Crippen LogP contribution in [0.2, 0.25) is 0 Å². The maximum Gasteiger partial charge on any atom is 0.313 e. The van der Waals surface area contributed by atoms with Crippen molar-refractivity contribution in [3.63, 3.8) is 0 Å². The average Bonchev–Trinajstić information content (AvgIpc) is 2.16. The van der Waals surface area contributed by atoms with Gasteiger partial charge in [-0.1, -0.05) is 0 Å². The second-order valence-corrected chi connectivity index (χ2v) is 2.76. The minimum Gasteiger partial charge on any atom is -0.469 e. The van der Waals surface area contributed by atoms with Gasteiger partial charge in [-0.25, -0.2) is 8.78 Å². The molecule has 0 aliphatic heterocycles. The number of nitrogens with zero attached hydrogens (tertiary/aromatic N) is 1. The molecule has 1 heterocycles. The molecule has 1 aromatic rings. The van der Waals surface area contributed by atoms with E-state index in [2.05, 4.69) is 9.72 Å². The van der Waals surface area contributed by atoms with Crippen molar-refractivity contribution in [1.29, 1.82) is 0 Å². The first kappa shape index (κ1) is 10.6. The summed E-state index contributed by atoms with van der Waals surface area (Å²) in [5, 5.41) is 0. The van der Waals surface area contributed by atoms with Crippen molar-refractivity contribution in [2.24, 2.45) is 0 Å². The fourth-order valence-corrected chi connectivity index (χ4v) is 1.13. The molecule has 1 rings (SSSR count). The van der Waals surface area contributed by atoms with Crippen molar-refractivity contribution in [3.8, 4) is 0 Å². The molecule has 76 valence electrons. The van der Waals surface area contributed by atoms with Crippen LogP contribution in [0, 0.1) is 11.6 Å². The molecule has 0 saturated carbocycles. The third kappa shape index (κ3) is 1.86. The molecule has 0 bridgehead atoms. The van der Waals surface area contributed by atoms with Crippen molar-refractivity contribution in [2.45, 2.75) is 12.8 Å². The lowest BCUT2D eigenvalue weighted by Gasteiger charge is -2.10. The second kappa shape index (κ2) is 4.13. The number of hydrogen-bond acceptors (Lipinski definition) is 3. The molecule has 1 aromatic heterocycles. The highest BCUT2D eigenvalue weighted by Gasteiger charge is 2.23. The summed E-state index contributed by atoms with van der Waals surface area (Å²) in [5.74, 6) is -3.34. The van der Waals surface area contributed by atoms with E-state index in [-0.39, 0.29) is 5.56 Å². The van der Waals surface area contributed by atoms with Crippen LogP contribution in [-0.4, -0.2) is 18.1 Å². The Bertz CT molecular complexity index is 334. The summed E-state index contributed by atoms with van der Waals surface area (Å²) < 4.78 is 30.6. The number of methoxy groups -OCH3 is 1. The number of esters is 1. The van der Waals surface area contributed by atoms with Crippen LogP contribution in [0.15, 0.2) is 12.4 Å². The van der Waals surface area contributed by atoms with Crippen LogP contribution in [0.25, 0.3) is 0 Å². The van der Waals surface area contributed by atoms with Crippen molar-refractivity contribution in [3.05, 3.63) is 29.6 Å². The van der Waals surface area contributed by atoms with E-state index in [4.69, 9.17) is 0 Å². The molecule has 0 amide bonds. The first-order valence-electron chi connectivity index (χ1n) is 3.94. The fraction of sp³-hybridized carbons (Fsp3) is 0.333. The lowest BCUT2D eigenvalue weighted by atomic mass is 10.0. The highest BCUT2D eigenvalue weighted by molar-refractivity contribution is 5.77. The van der Waals surface area contributed by atoms with Gasteiger partial charge in [0.05, 0.1) is 25.4 Å². The summed E-state index contributed by atoms with van der Waals surface area (Å²) in [6.45, 7) is 1.37. The quantitative estimate of drug-likeness (QED) is 0.683. The molecule has 1 unspecified atom stereocenters. The third-order valence-electron chi connectivity index (χ3n) is 1.88. The number of pyridine rings is 1. The van der Waals surface area contributed by atoms with Crippen molar-refractivity contribution < 1.29 is 18.3 Å². The first-order chi connectivity index (χ1) is 6.57. The SMILES string of the molecule is COC(=O)C(C)c1c(F)cncc1F. The molecule has 0 aliphatic carbocycles. The van der Waals surface area contributed by atoms with Crippen LogP contribution in [0.4, 0.5) is 8.78 Å². The van der Waals surface area contributed by atoms with Gasteiger partial charge in [0.25, 0.3) is 0 Å².